The summed E-state index contributed by atoms with van der Waals surface area (Å²) >= 11 is 0. The highest BCUT2D eigenvalue weighted by Crippen LogP contribution is 2.42. The molecule has 0 unspecified atom stereocenters. The van der Waals surface area contributed by atoms with Gasteiger partial charge >= 0.3 is 6.09 Å². The largest absolute Gasteiger partial charge is 0.450 e. The first-order chi connectivity index (χ1) is 13.5. The molecule has 3 aliphatic rings. The molecule has 1 aromatic rings. The molecule has 6 heteroatoms. The van der Waals surface area contributed by atoms with Gasteiger partial charge in [0, 0.05) is 51.0 Å². The maximum absolute atomic E-state index is 12.1. The highest BCUT2D eigenvalue weighted by atomic mass is 16.6. The van der Waals surface area contributed by atoms with Crippen LogP contribution in [0, 0.1) is 5.92 Å². The lowest BCUT2D eigenvalue weighted by Crippen LogP contribution is -2.57. The summed E-state index contributed by atoms with van der Waals surface area (Å²) in [4.78, 5) is 30.2. The number of fused-ring (bicyclic) bond motifs is 2. The smallest absolute Gasteiger partial charge is 0.409 e. The molecule has 0 aromatic heterocycles. The maximum atomic E-state index is 12.1. The first-order valence-electron chi connectivity index (χ1n) is 10.5. The van der Waals surface area contributed by atoms with Crippen molar-refractivity contribution in [2.24, 2.45) is 5.92 Å². The van der Waals surface area contributed by atoms with Crippen LogP contribution in [0.3, 0.4) is 0 Å². The third-order valence-electron chi connectivity index (χ3n) is 6.70. The van der Waals surface area contributed by atoms with E-state index in [2.05, 4.69) is 29.2 Å². The van der Waals surface area contributed by atoms with Gasteiger partial charge < -0.3 is 19.4 Å². The number of likely N-dealkylation sites (tertiary alicyclic amines) is 2. The Kier molecular flexibility index (Phi) is 5.32. The van der Waals surface area contributed by atoms with Gasteiger partial charge in [-0.15, -0.1) is 0 Å². The van der Waals surface area contributed by atoms with Crippen molar-refractivity contribution >= 4 is 12.0 Å². The summed E-state index contributed by atoms with van der Waals surface area (Å²) in [6.07, 6.45) is 1.99. The standard InChI is InChI=1S/C22H31N3O3/c1-3-28-21(27)24-13-18(14-24)12-23-10-8-22(9-11-23)16-25(17(2)26)15-19-6-4-5-7-20(19)22/h4-7,18H,3,8-16H2,1-2H3. The molecule has 0 atom stereocenters. The first-order valence-corrected chi connectivity index (χ1v) is 10.5. The van der Waals surface area contributed by atoms with Crippen LogP contribution in [0.2, 0.25) is 0 Å². The Labute approximate surface area is 167 Å². The molecule has 0 aliphatic carbocycles. The van der Waals surface area contributed by atoms with E-state index in [4.69, 9.17) is 4.74 Å². The molecule has 1 aromatic carbocycles. The zero-order valence-electron chi connectivity index (χ0n) is 17.0. The van der Waals surface area contributed by atoms with Gasteiger partial charge in [0.15, 0.2) is 0 Å². The van der Waals surface area contributed by atoms with Gasteiger partial charge in [-0.2, -0.15) is 0 Å². The van der Waals surface area contributed by atoms with E-state index in [9.17, 15) is 9.59 Å². The number of rotatable bonds is 3. The Balaban J connectivity index is 1.36. The number of piperidine rings is 1. The third-order valence-corrected chi connectivity index (χ3v) is 6.70. The molecular formula is C22H31N3O3. The molecule has 152 valence electrons. The van der Waals surface area contributed by atoms with E-state index in [1.54, 1.807) is 11.8 Å². The molecule has 1 spiro atoms. The molecule has 3 aliphatic heterocycles. The number of nitrogens with zero attached hydrogens (tertiary/aromatic N) is 3. The number of carbonyl (C=O) groups is 2. The van der Waals surface area contributed by atoms with Crippen molar-refractivity contribution in [1.29, 1.82) is 0 Å². The summed E-state index contributed by atoms with van der Waals surface area (Å²) in [7, 11) is 0. The van der Waals surface area contributed by atoms with Crippen molar-refractivity contribution in [3.05, 3.63) is 35.4 Å². The molecule has 28 heavy (non-hydrogen) atoms. The van der Waals surface area contributed by atoms with E-state index in [-0.39, 0.29) is 17.4 Å². The van der Waals surface area contributed by atoms with Crippen LogP contribution in [0.1, 0.15) is 37.8 Å². The van der Waals surface area contributed by atoms with Crippen molar-refractivity contribution in [3.8, 4) is 0 Å². The number of amides is 2. The van der Waals surface area contributed by atoms with Crippen molar-refractivity contribution < 1.29 is 14.3 Å². The Bertz CT molecular complexity index is 736. The predicted octanol–water partition coefficient (Wildman–Crippen LogP) is 2.47. The number of benzene rings is 1. The normalized spacial score (nSPS) is 21.9. The minimum absolute atomic E-state index is 0.0909. The van der Waals surface area contributed by atoms with Gasteiger partial charge in [-0.05, 0) is 44.0 Å². The molecule has 6 nitrogen and oxygen atoms in total. The zero-order valence-corrected chi connectivity index (χ0v) is 17.0. The second-order valence-electron chi connectivity index (χ2n) is 8.58. The summed E-state index contributed by atoms with van der Waals surface area (Å²) in [5, 5.41) is 0. The SMILES string of the molecule is CCOC(=O)N1CC(CN2CCC3(CC2)CN(C(C)=O)Cc2ccccc23)C1. The van der Waals surface area contributed by atoms with E-state index in [0.717, 1.165) is 58.7 Å². The lowest BCUT2D eigenvalue weighted by atomic mass is 9.68. The molecule has 2 fully saturated rings. The quantitative estimate of drug-likeness (QED) is 0.802. The number of carbonyl (C=O) groups excluding carboxylic acids is 2. The third kappa shape index (κ3) is 3.62. The number of ether oxygens (including phenoxy) is 1. The second-order valence-corrected chi connectivity index (χ2v) is 8.58. The van der Waals surface area contributed by atoms with Crippen molar-refractivity contribution in [2.45, 2.75) is 38.6 Å². The van der Waals surface area contributed by atoms with Gasteiger partial charge in [-0.25, -0.2) is 4.79 Å². The van der Waals surface area contributed by atoms with Crippen LogP contribution in [0.4, 0.5) is 4.79 Å². The average Bonchev–Trinajstić information content (AvgIpc) is 2.66. The summed E-state index contributed by atoms with van der Waals surface area (Å²) in [5.41, 5.74) is 2.85. The molecule has 0 bridgehead atoms. The fourth-order valence-corrected chi connectivity index (χ4v) is 5.12. The Morgan fingerprint density at radius 3 is 2.54 bits per heavy atom. The van der Waals surface area contributed by atoms with Crippen molar-refractivity contribution in [2.75, 3.05) is 45.9 Å². The van der Waals surface area contributed by atoms with Gasteiger partial charge in [-0.1, -0.05) is 24.3 Å². The summed E-state index contributed by atoms with van der Waals surface area (Å²) in [5.74, 6) is 0.718. The summed E-state index contributed by atoms with van der Waals surface area (Å²) in [6.45, 7) is 10.3. The monoisotopic (exact) mass is 385 g/mol. The van der Waals surface area contributed by atoms with Crippen LogP contribution < -0.4 is 0 Å². The minimum Gasteiger partial charge on any atom is -0.450 e. The lowest BCUT2D eigenvalue weighted by molar-refractivity contribution is -0.131. The lowest BCUT2D eigenvalue weighted by Gasteiger charge is -2.49. The Morgan fingerprint density at radius 2 is 1.86 bits per heavy atom. The molecule has 3 heterocycles. The molecule has 2 saturated heterocycles. The van der Waals surface area contributed by atoms with Crippen LogP contribution in [-0.4, -0.2) is 72.6 Å². The van der Waals surface area contributed by atoms with E-state index < -0.39 is 0 Å². The molecule has 0 N–H and O–H groups in total. The van der Waals surface area contributed by atoms with E-state index in [1.807, 2.05) is 11.8 Å². The molecule has 0 saturated carbocycles. The van der Waals surface area contributed by atoms with Crippen LogP contribution >= 0.6 is 0 Å². The molecular weight excluding hydrogens is 354 g/mol. The minimum atomic E-state index is -0.181. The number of hydrogen-bond acceptors (Lipinski definition) is 4. The van der Waals surface area contributed by atoms with Gasteiger partial charge in [0.1, 0.15) is 0 Å². The van der Waals surface area contributed by atoms with Gasteiger partial charge in [0.05, 0.1) is 6.61 Å². The van der Waals surface area contributed by atoms with E-state index in [1.165, 1.54) is 11.1 Å². The summed E-state index contributed by atoms with van der Waals surface area (Å²) < 4.78 is 5.06. The number of hydrogen-bond donors (Lipinski definition) is 0. The van der Waals surface area contributed by atoms with Gasteiger partial charge in [-0.3, -0.25) is 4.79 Å². The Morgan fingerprint density at radius 1 is 1.14 bits per heavy atom. The summed E-state index contributed by atoms with van der Waals surface area (Å²) in [6, 6.07) is 8.66. The van der Waals surface area contributed by atoms with Crippen LogP contribution in [0.15, 0.2) is 24.3 Å². The fraction of sp³-hybridized carbons (Fsp3) is 0.636. The second kappa shape index (κ2) is 7.74. The predicted molar refractivity (Wildman–Crippen MR) is 107 cm³/mol. The maximum Gasteiger partial charge on any atom is 0.409 e. The van der Waals surface area contributed by atoms with Crippen molar-refractivity contribution in [1.82, 2.24) is 14.7 Å². The van der Waals surface area contributed by atoms with Crippen LogP contribution in [0.25, 0.3) is 0 Å². The zero-order chi connectivity index (χ0) is 19.7. The topological polar surface area (TPSA) is 53.1 Å². The van der Waals surface area contributed by atoms with Crippen LogP contribution in [-0.2, 0) is 21.5 Å². The first kappa shape index (κ1) is 19.2. The fourth-order valence-electron chi connectivity index (χ4n) is 5.12. The molecule has 4 rings (SSSR count). The Hall–Kier alpha value is -2.08. The van der Waals surface area contributed by atoms with Gasteiger partial charge in [0.2, 0.25) is 5.91 Å². The molecule has 2 amide bonds. The molecule has 0 radical (unpaired) electrons. The average molecular weight is 386 g/mol. The highest BCUT2D eigenvalue weighted by Gasteiger charge is 2.43. The van der Waals surface area contributed by atoms with Crippen LogP contribution in [0.5, 0.6) is 0 Å². The van der Waals surface area contributed by atoms with Gasteiger partial charge in [0.25, 0.3) is 0 Å². The van der Waals surface area contributed by atoms with Crippen molar-refractivity contribution in [3.63, 3.8) is 0 Å². The van der Waals surface area contributed by atoms with E-state index in [0.29, 0.717) is 12.5 Å². The highest BCUT2D eigenvalue weighted by molar-refractivity contribution is 5.74. The van der Waals surface area contributed by atoms with E-state index >= 15 is 0 Å².